The molecule has 20 heavy (non-hydrogen) atoms. The Hall–Kier alpha value is -2.23. The van der Waals surface area contributed by atoms with Crippen LogP contribution in [0.2, 0.25) is 0 Å². The molecule has 0 aliphatic heterocycles. The van der Waals surface area contributed by atoms with E-state index in [1.807, 2.05) is 36.4 Å². The van der Waals surface area contributed by atoms with Gasteiger partial charge in [0.25, 0.3) is 0 Å². The van der Waals surface area contributed by atoms with Crippen molar-refractivity contribution in [3.8, 4) is 0 Å². The monoisotopic (exact) mass is 272 g/mol. The average Bonchev–Trinajstić information content (AvgIpc) is 2.93. The highest BCUT2D eigenvalue weighted by atomic mass is 16.3. The summed E-state index contributed by atoms with van der Waals surface area (Å²) in [4.78, 5) is 11.5. The minimum atomic E-state index is 0.0120. The summed E-state index contributed by atoms with van der Waals surface area (Å²) in [5, 5.41) is 6.09. The first-order valence-corrected chi connectivity index (χ1v) is 6.76. The molecule has 0 saturated heterocycles. The molecule has 0 aliphatic rings. The topological polar surface area (TPSA) is 54.3 Å². The SMILES string of the molecule is CNC(=O)Cc1ccccc1NC(C)Cc1ccco1. The number of furan rings is 1. The van der Waals surface area contributed by atoms with Gasteiger partial charge in [0, 0.05) is 25.2 Å². The van der Waals surface area contributed by atoms with E-state index in [9.17, 15) is 4.79 Å². The Morgan fingerprint density at radius 1 is 1.25 bits per heavy atom. The molecule has 1 aromatic heterocycles. The summed E-state index contributed by atoms with van der Waals surface area (Å²) in [6, 6.07) is 12.0. The van der Waals surface area contributed by atoms with Crippen molar-refractivity contribution in [2.24, 2.45) is 0 Å². The van der Waals surface area contributed by atoms with E-state index in [-0.39, 0.29) is 11.9 Å². The first-order valence-electron chi connectivity index (χ1n) is 6.76. The van der Waals surface area contributed by atoms with Gasteiger partial charge < -0.3 is 15.1 Å². The Labute approximate surface area is 119 Å². The molecule has 2 rings (SSSR count). The second-order valence-electron chi connectivity index (χ2n) is 4.84. The third kappa shape index (κ3) is 3.88. The highest BCUT2D eigenvalue weighted by molar-refractivity contribution is 5.80. The van der Waals surface area contributed by atoms with E-state index in [0.29, 0.717) is 6.42 Å². The van der Waals surface area contributed by atoms with Gasteiger partial charge in [-0.05, 0) is 30.7 Å². The summed E-state index contributed by atoms with van der Waals surface area (Å²) in [5.74, 6) is 0.965. The Morgan fingerprint density at radius 2 is 2.05 bits per heavy atom. The lowest BCUT2D eigenvalue weighted by molar-refractivity contribution is -0.119. The maximum atomic E-state index is 11.5. The standard InChI is InChI=1S/C16H20N2O2/c1-12(10-14-7-5-9-20-14)18-15-8-4-3-6-13(15)11-16(19)17-2/h3-9,12,18H,10-11H2,1-2H3,(H,17,19). The highest BCUT2D eigenvalue weighted by Gasteiger charge is 2.10. The van der Waals surface area contributed by atoms with Crippen LogP contribution in [-0.2, 0) is 17.6 Å². The molecular formula is C16H20N2O2. The summed E-state index contributed by atoms with van der Waals surface area (Å²) in [6.45, 7) is 2.10. The van der Waals surface area contributed by atoms with Crippen molar-refractivity contribution in [3.63, 3.8) is 0 Å². The van der Waals surface area contributed by atoms with Crippen LogP contribution >= 0.6 is 0 Å². The van der Waals surface area contributed by atoms with E-state index in [1.165, 1.54) is 0 Å². The molecule has 2 N–H and O–H groups in total. The fraction of sp³-hybridized carbons (Fsp3) is 0.312. The van der Waals surface area contributed by atoms with Crippen molar-refractivity contribution in [2.45, 2.75) is 25.8 Å². The van der Waals surface area contributed by atoms with E-state index in [1.54, 1.807) is 13.3 Å². The molecule has 2 aromatic rings. The summed E-state index contributed by atoms with van der Waals surface area (Å²) in [6.07, 6.45) is 2.87. The Balaban J connectivity index is 2.02. The number of anilines is 1. The molecule has 106 valence electrons. The molecule has 1 atom stereocenters. The Kier molecular flexibility index (Phi) is 4.82. The van der Waals surface area contributed by atoms with Gasteiger partial charge in [-0.25, -0.2) is 0 Å². The smallest absolute Gasteiger partial charge is 0.224 e. The van der Waals surface area contributed by atoms with Gasteiger partial charge in [0.15, 0.2) is 0 Å². The lowest BCUT2D eigenvalue weighted by atomic mass is 10.1. The molecule has 1 aromatic carbocycles. The third-order valence-electron chi connectivity index (χ3n) is 3.14. The van der Waals surface area contributed by atoms with Crippen LogP contribution in [0, 0.1) is 0 Å². The number of rotatable bonds is 6. The fourth-order valence-corrected chi connectivity index (χ4v) is 2.12. The predicted molar refractivity (Wildman–Crippen MR) is 79.7 cm³/mol. The van der Waals surface area contributed by atoms with Crippen LogP contribution in [0.5, 0.6) is 0 Å². The third-order valence-corrected chi connectivity index (χ3v) is 3.14. The van der Waals surface area contributed by atoms with Crippen LogP contribution in [0.25, 0.3) is 0 Å². The number of para-hydroxylation sites is 1. The Morgan fingerprint density at radius 3 is 2.75 bits per heavy atom. The summed E-state index contributed by atoms with van der Waals surface area (Å²) >= 11 is 0. The molecule has 0 saturated carbocycles. The number of hydrogen-bond acceptors (Lipinski definition) is 3. The number of benzene rings is 1. The number of amides is 1. The average molecular weight is 272 g/mol. The largest absolute Gasteiger partial charge is 0.469 e. The van der Waals surface area contributed by atoms with Gasteiger partial charge in [0.05, 0.1) is 12.7 Å². The molecule has 0 aliphatic carbocycles. The molecule has 4 heteroatoms. The number of carbonyl (C=O) groups is 1. The molecule has 0 fully saturated rings. The first kappa shape index (κ1) is 14.2. The molecule has 1 unspecified atom stereocenters. The molecule has 1 amide bonds. The van der Waals surface area contributed by atoms with Crippen molar-refractivity contribution in [3.05, 3.63) is 54.0 Å². The molecular weight excluding hydrogens is 252 g/mol. The van der Waals surface area contributed by atoms with Gasteiger partial charge in [-0.2, -0.15) is 0 Å². The van der Waals surface area contributed by atoms with Crippen LogP contribution in [0.4, 0.5) is 5.69 Å². The second kappa shape index (κ2) is 6.80. The van der Waals surface area contributed by atoms with Gasteiger partial charge in [0.2, 0.25) is 5.91 Å². The lowest BCUT2D eigenvalue weighted by Gasteiger charge is -2.17. The van der Waals surface area contributed by atoms with Crippen LogP contribution in [0.15, 0.2) is 47.1 Å². The maximum Gasteiger partial charge on any atom is 0.224 e. The molecule has 4 nitrogen and oxygen atoms in total. The fourth-order valence-electron chi connectivity index (χ4n) is 2.12. The normalized spacial score (nSPS) is 11.9. The number of carbonyl (C=O) groups excluding carboxylic acids is 1. The van der Waals surface area contributed by atoms with Crippen molar-refractivity contribution in [2.75, 3.05) is 12.4 Å². The molecule has 0 bridgehead atoms. The number of nitrogens with one attached hydrogen (secondary N) is 2. The minimum absolute atomic E-state index is 0.0120. The van der Waals surface area contributed by atoms with Gasteiger partial charge in [0.1, 0.15) is 5.76 Å². The highest BCUT2D eigenvalue weighted by Crippen LogP contribution is 2.18. The van der Waals surface area contributed by atoms with E-state index >= 15 is 0 Å². The van der Waals surface area contributed by atoms with Gasteiger partial charge in [-0.1, -0.05) is 18.2 Å². The summed E-state index contributed by atoms with van der Waals surface area (Å²) in [5.41, 5.74) is 1.99. The first-order chi connectivity index (χ1) is 9.69. The zero-order chi connectivity index (χ0) is 14.4. The zero-order valence-corrected chi connectivity index (χ0v) is 11.8. The van der Waals surface area contributed by atoms with Crippen molar-refractivity contribution in [1.82, 2.24) is 5.32 Å². The summed E-state index contributed by atoms with van der Waals surface area (Å²) in [7, 11) is 1.65. The summed E-state index contributed by atoms with van der Waals surface area (Å²) < 4.78 is 5.35. The lowest BCUT2D eigenvalue weighted by Crippen LogP contribution is -2.22. The van der Waals surface area contributed by atoms with Gasteiger partial charge in [-0.15, -0.1) is 0 Å². The van der Waals surface area contributed by atoms with Gasteiger partial charge >= 0.3 is 0 Å². The van der Waals surface area contributed by atoms with Crippen molar-refractivity contribution >= 4 is 11.6 Å². The van der Waals surface area contributed by atoms with Crippen LogP contribution in [0.3, 0.4) is 0 Å². The van der Waals surface area contributed by atoms with Gasteiger partial charge in [-0.3, -0.25) is 4.79 Å². The Bertz CT molecular complexity index is 549. The second-order valence-corrected chi connectivity index (χ2v) is 4.84. The number of hydrogen-bond donors (Lipinski definition) is 2. The predicted octanol–water partition coefficient (Wildman–Crippen LogP) is 2.61. The van der Waals surface area contributed by atoms with E-state index in [2.05, 4.69) is 17.6 Å². The van der Waals surface area contributed by atoms with Crippen LogP contribution in [-0.4, -0.2) is 19.0 Å². The maximum absolute atomic E-state index is 11.5. The quantitative estimate of drug-likeness (QED) is 0.850. The molecule has 0 spiro atoms. The van der Waals surface area contributed by atoms with Crippen LogP contribution < -0.4 is 10.6 Å². The number of likely N-dealkylation sites (N-methyl/N-ethyl adjacent to an activating group) is 1. The van der Waals surface area contributed by atoms with Crippen LogP contribution in [0.1, 0.15) is 18.2 Å². The molecule has 1 heterocycles. The van der Waals surface area contributed by atoms with Crippen molar-refractivity contribution < 1.29 is 9.21 Å². The van der Waals surface area contributed by atoms with E-state index in [0.717, 1.165) is 23.4 Å². The zero-order valence-electron chi connectivity index (χ0n) is 11.8. The van der Waals surface area contributed by atoms with E-state index in [4.69, 9.17) is 4.42 Å². The minimum Gasteiger partial charge on any atom is -0.469 e. The van der Waals surface area contributed by atoms with E-state index < -0.39 is 0 Å². The van der Waals surface area contributed by atoms with Crippen molar-refractivity contribution in [1.29, 1.82) is 0 Å². The molecule has 0 radical (unpaired) electrons.